The van der Waals surface area contributed by atoms with Crippen molar-refractivity contribution in [3.63, 3.8) is 0 Å². The van der Waals surface area contributed by atoms with Gasteiger partial charge in [0.25, 0.3) is 0 Å². The Morgan fingerprint density at radius 2 is 0.714 bits per heavy atom. The predicted molar refractivity (Wildman–Crippen MR) is 249 cm³/mol. The first-order valence-corrected chi connectivity index (χ1v) is 27.3. The van der Waals surface area contributed by atoms with Crippen LogP contribution in [0.15, 0.2) is 0 Å². The van der Waals surface area contributed by atoms with Crippen LogP contribution in [0.1, 0.15) is 245 Å². The summed E-state index contributed by atoms with van der Waals surface area (Å²) in [7, 11) is -5.11. The van der Waals surface area contributed by atoms with Gasteiger partial charge in [0.1, 0.15) is 43.2 Å². The molecule has 0 aliphatic heterocycles. The summed E-state index contributed by atoms with van der Waals surface area (Å²) >= 11 is 0. The highest BCUT2D eigenvalue weighted by Gasteiger charge is 2.51. The fraction of sp³-hybridized carbons (Fsp3) is 0.959. The number of unbranched alkanes of at least 4 members (excludes halogenated alkanes) is 32. The van der Waals surface area contributed by atoms with E-state index in [1.807, 2.05) is 0 Å². The van der Waals surface area contributed by atoms with Gasteiger partial charge in [-0.3, -0.25) is 18.6 Å². The quantitative estimate of drug-likeness (QED) is 0.0191. The van der Waals surface area contributed by atoms with Crippen LogP contribution in [-0.2, 0) is 32.7 Å². The van der Waals surface area contributed by atoms with Crippen molar-refractivity contribution >= 4 is 19.8 Å². The lowest BCUT2D eigenvalue weighted by Gasteiger charge is -2.41. The molecule has 13 nitrogen and oxygen atoms in total. The van der Waals surface area contributed by atoms with E-state index >= 15 is 0 Å². The number of hydrogen-bond donors (Lipinski definition) is 6. The van der Waals surface area contributed by atoms with E-state index in [0.29, 0.717) is 12.8 Å². The monoisotopic (exact) mass is 923 g/mol. The smallest absolute Gasteiger partial charge is 0.462 e. The molecule has 374 valence electrons. The van der Waals surface area contributed by atoms with Gasteiger partial charge in [0.05, 0.1) is 6.61 Å². The van der Waals surface area contributed by atoms with Gasteiger partial charge in [-0.1, -0.05) is 219 Å². The van der Waals surface area contributed by atoms with Crippen molar-refractivity contribution in [3.8, 4) is 0 Å². The zero-order valence-corrected chi connectivity index (χ0v) is 40.8. The van der Waals surface area contributed by atoms with Crippen LogP contribution in [-0.4, -0.2) is 98.3 Å². The molecule has 0 bridgehead atoms. The lowest BCUT2D eigenvalue weighted by atomic mass is 9.85. The number of phosphoric acid groups is 1. The molecule has 8 atom stereocenters. The molecule has 1 aliphatic carbocycles. The Labute approximate surface area is 382 Å². The largest absolute Gasteiger partial charge is 0.472 e. The summed E-state index contributed by atoms with van der Waals surface area (Å²) in [6.07, 6.45) is 28.8. The van der Waals surface area contributed by atoms with Crippen LogP contribution >= 0.6 is 7.82 Å². The van der Waals surface area contributed by atoms with Gasteiger partial charge >= 0.3 is 19.8 Å². The van der Waals surface area contributed by atoms with Crippen molar-refractivity contribution in [2.24, 2.45) is 0 Å². The molecule has 1 fully saturated rings. The number of aliphatic hydroxyl groups is 5. The molecule has 0 amide bonds. The van der Waals surface area contributed by atoms with E-state index in [9.17, 15) is 44.6 Å². The van der Waals surface area contributed by atoms with E-state index < -0.39 is 75.7 Å². The lowest BCUT2D eigenvalue weighted by molar-refractivity contribution is -0.220. The third-order valence-electron chi connectivity index (χ3n) is 12.4. The van der Waals surface area contributed by atoms with Gasteiger partial charge in [-0.25, -0.2) is 4.57 Å². The molecule has 1 aliphatic rings. The molecule has 0 heterocycles. The number of carbonyl (C=O) groups is 2. The molecular weight excluding hydrogens is 827 g/mol. The number of esters is 2. The van der Waals surface area contributed by atoms with Crippen molar-refractivity contribution in [1.82, 2.24) is 0 Å². The first kappa shape index (κ1) is 59.9. The zero-order valence-electron chi connectivity index (χ0n) is 39.9. The van der Waals surface area contributed by atoms with Crippen LogP contribution in [0.4, 0.5) is 0 Å². The zero-order chi connectivity index (χ0) is 46.4. The highest BCUT2D eigenvalue weighted by Crippen LogP contribution is 2.47. The third-order valence-corrected chi connectivity index (χ3v) is 13.4. The minimum absolute atomic E-state index is 0.104. The Morgan fingerprint density at radius 1 is 0.429 bits per heavy atom. The minimum Gasteiger partial charge on any atom is -0.462 e. The molecule has 0 aromatic rings. The second-order valence-corrected chi connectivity index (χ2v) is 19.8. The Morgan fingerprint density at radius 3 is 1.05 bits per heavy atom. The molecule has 0 spiro atoms. The summed E-state index contributed by atoms with van der Waals surface area (Å²) in [5.74, 6) is -1.08. The molecule has 1 rings (SSSR count). The summed E-state index contributed by atoms with van der Waals surface area (Å²) in [5, 5.41) is 50.2. The Bertz CT molecular complexity index is 1110. The molecule has 6 N–H and O–H groups in total. The number of carbonyl (C=O) groups excluding carboxylic acids is 2. The van der Waals surface area contributed by atoms with Crippen molar-refractivity contribution in [2.75, 3.05) is 13.2 Å². The molecule has 0 radical (unpaired) electrons. The van der Waals surface area contributed by atoms with Crippen molar-refractivity contribution in [1.29, 1.82) is 0 Å². The fourth-order valence-electron chi connectivity index (χ4n) is 8.29. The van der Waals surface area contributed by atoms with Gasteiger partial charge in [-0.05, 0) is 12.8 Å². The van der Waals surface area contributed by atoms with Gasteiger partial charge in [0.2, 0.25) is 0 Å². The van der Waals surface area contributed by atoms with E-state index in [1.165, 1.54) is 167 Å². The molecule has 14 heteroatoms. The van der Waals surface area contributed by atoms with Gasteiger partial charge in [-0.2, -0.15) is 0 Å². The predicted octanol–water partition coefficient (Wildman–Crippen LogP) is 10.8. The van der Waals surface area contributed by atoms with Crippen LogP contribution in [0.5, 0.6) is 0 Å². The molecule has 63 heavy (non-hydrogen) atoms. The highest BCUT2D eigenvalue weighted by atomic mass is 31.2. The van der Waals surface area contributed by atoms with Crippen LogP contribution < -0.4 is 0 Å². The van der Waals surface area contributed by atoms with Gasteiger partial charge < -0.3 is 39.9 Å². The first-order chi connectivity index (χ1) is 30.4. The topological polar surface area (TPSA) is 210 Å². The fourth-order valence-corrected chi connectivity index (χ4v) is 9.26. The maximum atomic E-state index is 12.8. The minimum atomic E-state index is -5.11. The number of hydrogen-bond acceptors (Lipinski definition) is 12. The molecule has 0 saturated heterocycles. The lowest BCUT2D eigenvalue weighted by Crippen LogP contribution is -2.64. The van der Waals surface area contributed by atoms with Gasteiger partial charge in [0.15, 0.2) is 6.10 Å². The highest BCUT2D eigenvalue weighted by molar-refractivity contribution is 7.47. The number of rotatable bonds is 44. The molecule has 0 aromatic carbocycles. The van der Waals surface area contributed by atoms with E-state index in [2.05, 4.69) is 13.8 Å². The normalized spacial score (nSPS) is 21.6. The average Bonchev–Trinajstić information content (AvgIpc) is 3.26. The van der Waals surface area contributed by atoms with Crippen LogP contribution in [0.3, 0.4) is 0 Å². The van der Waals surface area contributed by atoms with E-state index in [-0.39, 0.29) is 12.8 Å². The Hall–Kier alpha value is -1.15. The molecular formula is C49H95O13P. The number of aliphatic hydroxyl groups excluding tert-OH is 5. The van der Waals surface area contributed by atoms with E-state index in [4.69, 9.17) is 18.5 Å². The summed E-state index contributed by atoms with van der Waals surface area (Å²) in [6, 6.07) is 0. The van der Waals surface area contributed by atoms with E-state index in [0.717, 1.165) is 38.5 Å². The van der Waals surface area contributed by atoms with Crippen LogP contribution in [0, 0.1) is 0 Å². The molecule has 1 saturated carbocycles. The second-order valence-electron chi connectivity index (χ2n) is 18.4. The third kappa shape index (κ3) is 32.2. The second kappa shape index (κ2) is 40.0. The van der Waals surface area contributed by atoms with Gasteiger partial charge in [0, 0.05) is 12.8 Å². The maximum Gasteiger partial charge on any atom is 0.472 e. The van der Waals surface area contributed by atoms with Crippen molar-refractivity contribution in [2.45, 2.75) is 288 Å². The SMILES string of the molecule is CCCCCCCCCCCCCCCCCCCCCCCCC(=O)OC[C@@H](COP(=O)(O)OC1C(O)C(O)C(O)[C@H](O)C1O)OC(=O)CCCCCCCCCCCCCC. The Kier molecular flexibility index (Phi) is 38.0. The van der Waals surface area contributed by atoms with Crippen molar-refractivity contribution in [3.05, 3.63) is 0 Å². The number of ether oxygens (including phenoxy) is 2. The van der Waals surface area contributed by atoms with E-state index in [1.54, 1.807) is 0 Å². The Balaban J connectivity index is 2.32. The van der Waals surface area contributed by atoms with Crippen molar-refractivity contribution < 1.29 is 63.1 Å². The maximum absolute atomic E-state index is 12.8. The number of phosphoric ester groups is 1. The van der Waals surface area contributed by atoms with Crippen LogP contribution in [0.2, 0.25) is 0 Å². The van der Waals surface area contributed by atoms with Gasteiger partial charge in [-0.15, -0.1) is 0 Å². The molecule has 0 aromatic heterocycles. The summed E-state index contributed by atoms with van der Waals surface area (Å²) in [5.41, 5.74) is 0. The first-order valence-electron chi connectivity index (χ1n) is 25.8. The standard InChI is InChI=1S/C49H95O13P/c1-3-5-7-9-11-13-15-17-18-19-20-21-22-23-24-25-26-28-29-31-33-35-37-42(50)59-39-41(61-43(51)38-36-34-32-30-27-16-14-12-10-8-6-4-2)40-60-63(57,58)62-49-47(55)45(53)44(52)46(54)48(49)56/h41,44-49,52-56H,3-40H2,1-2H3,(H,57,58)/t41-,44?,45-,46?,47?,48?,49?/m0/s1. The molecule has 6 unspecified atom stereocenters. The summed E-state index contributed by atoms with van der Waals surface area (Å²) in [4.78, 5) is 35.8. The van der Waals surface area contributed by atoms with Crippen LogP contribution in [0.25, 0.3) is 0 Å². The average molecular weight is 923 g/mol. The summed E-state index contributed by atoms with van der Waals surface area (Å²) < 4.78 is 33.6. The summed E-state index contributed by atoms with van der Waals surface area (Å²) in [6.45, 7) is 3.33.